The fraction of sp³-hybridized carbons (Fsp3) is 0.250. The van der Waals surface area contributed by atoms with E-state index in [2.05, 4.69) is 26.0 Å². The van der Waals surface area contributed by atoms with Gasteiger partial charge in [0.15, 0.2) is 0 Å². The lowest BCUT2D eigenvalue weighted by atomic mass is 10.2. The lowest BCUT2D eigenvalue weighted by Crippen LogP contribution is -2.05. The number of halogens is 2. The van der Waals surface area contributed by atoms with Gasteiger partial charge in [0, 0.05) is 12.1 Å². The first kappa shape index (κ1) is 14.1. The molecule has 1 aromatic rings. The Morgan fingerprint density at radius 2 is 2.29 bits per heavy atom. The van der Waals surface area contributed by atoms with Crippen molar-refractivity contribution in [3.63, 3.8) is 0 Å². The third-order valence-corrected chi connectivity index (χ3v) is 3.56. The van der Waals surface area contributed by atoms with Crippen molar-refractivity contribution < 1.29 is 9.53 Å². The Balaban J connectivity index is 2.63. The van der Waals surface area contributed by atoms with Gasteiger partial charge in [-0.2, -0.15) is 0 Å². The van der Waals surface area contributed by atoms with Gasteiger partial charge in [0.1, 0.15) is 0 Å². The van der Waals surface area contributed by atoms with Crippen molar-refractivity contribution in [1.82, 2.24) is 0 Å². The van der Waals surface area contributed by atoms with E-state index in [-0.39, 0.29) is 5.97 Å². The van der Waals surface area contributed by atoms with E-state index in [1.54, 1.807) is 19.1 Å². The highest BCUT2D eigenvalue weighted by atomic mass is 79.9. The summed E-state index contributed by atoms with van der Waals surface area (Å²) >= 11 is 9.34. The maximum atomic E-state index is 11.1. The molecule has 5 heteroatoms. The lowest BCUT2D eigenvalue weighted by molar-refractivity contribution is -0.136. The Hall–Kier alpha value is -1.000. The number of carbonyl (C=O) groups is 1. The molecule has 0 amide bonds. The molecule has 92 valence electrons. The third-order valence-electron chi connectivity index (χ3n) is 2.16. The predicted molar refractivity (Wildman–Crippen MR) is 73.4 cm³/mol. The minimum absolute atomic E-state index is 0.322. The quantitative estimate of drug-likeness (QED) is 0.680. The van der Waals surface area contributed by atoms with E-state index in [4.69, 9.17) is 11.6 Å². The second-order valence-electron chi connectivity index (χ2n) is 3.36. The van der Waals surface area contributed by atoms with Crippen molar-refractivity contribution in [2.24, 2.45) is 0 Å². The molecule has 0 aliphatic heterocycles. The number of hydrogen-bond acceptors (Lipinski definition) is 3. The number of benzene rings is 1. The monoisotopic (exact) mass is 317 g/mol. The highest BCUT2D eigenvalue weighted by Gasteiger charge is 2.04. The zero-order valence-corrected chi connectivity index (χ0v) is 11.9. The number of hydrogen-bond donors (Lipinski definition) is 1. The van der Waals surface area contributed by atoms with Crippen LogP contribution in [0.15, 0.2) is 34.3 Å². The van der Waals surface area contributed by atoms with Crippen LogP contribution in [-0.2, 0) is 9.53 Å². The fourth-order valence-electron chi connectivity index (χ4n) is 1.20. The van der Waals surface area contributed by atoms with Gasteiger partial charge < -0.3 is 10.1 Å². The van der Waals surface area contributed by atoms with Crippen molar-refractivity contribution in [3.05, 3.63) is 39.3 Å². The molecule has 0 atom stereocenters. The topological polar surface area (TPSA) is 38.3 Å². The smallest absolute Gasteiger partial charge is 0.333 e. The van der Waals surface area contributed by atoms with Gasteiger partial charge in [-0.05, 0) is 35.0 Å². The highest BCUT2D eigenvalue weighted by molar-refractivity contribution is 9.10. The summed E-state index contributed by atoms with van der Waals surface area (Å²) in [6, 6.07) is 5.55. The molecule has 0 unspecified atom stereocenters. The van der Waals surface area contributed by atoms with Gasteiger partial charge in [0.25, 0.3) is 0 Å². The number of ether oxygens (including phenoxy) is 1. The molecule has 0 heterocycles. The van der Waals surface area contributed by atoms with E-state index in [1.165, 1.54) is 7.11 Å². The van der Waals surface area contributed by atoms with Crippen LogP contribution in [0.5, 0.6) is 0 Å². The minimum atomic E-state index is -0.322. The van der Waals surface area contributed by atoms with Gasteiger partial charge >= 0.3 is 5.97 Å². The zero-order valence-electron chi connectivity index (χ0n) is 9.59. The second-order valence-corrected chi connectivity index (χ2v) is 4.56. The number of esters is 1. The molecule has 0 aromatic heterocycles. The molecule has 17 heavy (non-hydrogen) atoms. The van der Waals surface area contributed by atoms with Gasteiger partial charge in [0.05, 0.1) is 22.3 Å². The standard InChI is InChI=1S/C12H13BrClNO2/c1-8(12(16)17-2)6-7-15-10-5-3-4-9(14)11(10)13/h3-6,15H,7H2,1-2H3/b8-6+. The second kappa shape index (κ2) is 6.67. The average Bonchev–Trinajstić information content (AvgIpc) is 2.33. The maximum Gasteiger partial charge on any atom is 0.333 e. The van der Waals surface area contributed by atoms with Crippen LogP contribution >= 0.6 is 27.5 Å². The van der Waals surface area contributed by atoms with Crippen LogP contribution in [0.3, 0.4) is 0 Å². The maximum absolute atomic E-state index is 11.1. The van der Waals surface area contributed by atoms with Crippen molar-refractivity contribution in [3.8, 4) is 0 Å². The van der Waals surface area contributed by atoms with Gasteiger partial charge in [-0.1, -0.05) is 23.7 Å². The summed E-state index contributed by atoms with van der Waals surface area (Å²) in [4.78, 5) is 11.1. The van der Waals surface area contributed by atoms with Crippen LogP contribution in [0.2, 0.25) is 5.02 Å². The van der Waals surface area contributed by atoms with Crippen LogP contribution in [0.1, 0.15) is 6.92 Å². The normalized spacial score (nSPS) is 11.2. The van der Waals surface area contributed by atoms with E-state index in [1.807, 2.05) is 12.1 Å². The summed E-state index contributed by atoms with van der Waals surface area (Å²) in [6.07, 6.45) is 1.76. The molecule has 0 fully saturated rings. The van der Waals surface area contributed by atoms with Gasteiger partial charge in [0.2, 0.25) is 0 Å². The van der Waals surface area contributed by atoms with Crippen LogP contribution < -0.4 is 5.32 Å². The van der Waals surface area contributed by atoms with Crippen molar-refractivity contribution in [1.29, 1.82) is 0 Å². The number of carbonyl (C=O) groups excluding carboxylic acids is 1. The molecule has 0 saturated heterocycles. The third kappa shape index (κ3) is 4.06. The summed E-state index contributed by atoms with van der Waals surface area (Å²) in [5.41, 5.74) is 1.45. The molecule has 1 rings (SSSR count). The zero-order chi connectivity index (χ0) is 12.8. The SMILES string of the molecule is COC(=O)/C(C)=C/CNc1cccc(Cl)c1Br. The first-order valence-corrected chi connectivity index (χ1v) is 6.16. The van der Waals surface area contributed by atoms with E-state index in [0.29, 0.717) is 17.1 Å². The molecule has 0 spiro atoms. The van der Waals surface area contributed by atoms with Crippen molar-refractivity contribution in [2.75, 3.05) is 19.0 Å². The Labute approximate surface area is 114 Å². The minimum Gasteiger partial charge on any atom is -0.466 e. The molecule has 0 aliphatic carbocycles. The van der Waals surface area contributed by atoms with Crippen LogP contribution in [-0.4, -0.2) is 19.6 Å². The van der Waals surface area contributed by atoms with Crippen molar-refractivity contribution in [2.45, 2.75) is 6.92 Å². The lowest BCUT2D eigenvalue weighted by Gasteiger charge is -2.07. The van der Waals surface area contributed by atoms with Gasteiger partial charge in [-0.3, -0.25) is 0 Å². The van der Waals surface area contributed by atoms with E-state index in [9.17, 15) is 4.79 Å². The first-order chi connectivity index (χ1) is 8.06. The Kier molecular flexibility index (Phi) is 5.51. The summed E-state index contributed by atoms with van der Waals surface area (Å²) in [5, 5.41) is 3.79. The first-order valence-electron chi connectivity index (χ1n) is 4.99. The molecular weight excluding hydrogens is 305 g/mol. The molecule has 1 N–H and O–H groups in total. The predicted octanol–water partition coefficient (Wildman–Crippen LogP) is 3.63. The highest BCUT2D eigenvalue weighted by Crippen LogP contribution is 2.29. The van der Waals surface area contributed by atoms with E-state index >= 15 is 0 Å². The summed E-state index contributed by atoms with van der Waals surface area (Å²) in [5.74, 6) is -0.322. The Morgan fingerprint density at radius 3 is 2.94 bits per heavy atom. The van der Waals surface area contributed by atoms with Crippen LogP contribution in [0, 0.1) is 0 Å². The van der Waals surface area contributed by atoms with E-state index in [0.717, 1.165) is 10.2 Å². The number of methoxy groups -OCH3 is 1. The summed E-state index contributed by atoms with van der Waals surface area (Å²) in [7, 11) is 1.36. The molecule has 1 aromatic carbocycles. The van der Waals surface area contributed by atoms with Crippen molar-refractivity contribution >= 4 is 39.2 Å². The summed E-state index contributed by atoms with van der Waals surface area (Å²) in [6.45, 7) is 2.24. The Bertz CT molecular complexity index is 446. The Morgan fingerprint density at radius 1 is 1.59 bits per heavy atom. The van der Waals surface area contributed by atoms with E-state index < -0.39 is 0 Å². The van der Waals surface area contributed by atoms with Crippen LogP contribution in [0.25, 0.3) is 0 Å². The number of nitrogens with one attached hydrogen (secondary N) is 1. The molecular formula is C12H13BrClNO2. The number of anilines is 1. The largest absolute Gasteiger partial charge is 0.466 e. The van der Waals surface area contributed by atoms with Crippen LogP contribution in [0.4, 0.5) is 5.69 Å². The fourth-order valence-corrected chi connectivity index (χ4v) is 1.78. The number of rotatable bonds is 4. The summed E-state index contributed by atoms with van der Waals surface area (Å²) < 4.78 is 5.40. The molecule has 0 aliphatic rings. The molecule has 3 nitrogen and oxygen atoms in total. The average molecular weight is 319 g/mol. The molecule has 0 saturated carbocycles. The molecule has 0 bridgehead atoms. The van der Waals surface area contributed by atoms with Gasteiger partial charge in [-0.15, -0.1) is 0 Å². The van der Waals surface area contributed by atoms with Gasteiger partial charge in [-0.25, -0.2) is 4.79 Å². The molecule has 0 radical (unpaired) electrons.